The molecule has 440 valence electrons. The number of fused-ring (bicyclic) bond motifs is 12. The monoisotopic (exact) mass is 1200 g/mol. The Morgan fingerprint density at radius 3 is 0.606 bits per heavy atom. The van der Waals surface area contributed by atoms with Crippen LogP contribution in [0, 0.1) is 0 Å². The summed E-state index contributed by atoms with van der Waals surface area (Å²) in [6, 6.07) is 132. The van der Waals surface area contributed by atoms with Crippen molar-refractivity contribution < 1.29 is 0 Å². The molecule has 0 bridgehead atoms. The van der Waals surface area contributed by atoms with Crippen LogP contribution in [0.1, 0.15) is 0 Å². The molecule has 0 aliphatic heterocycles. The number of rotatable bonds is 9. The van der Waals surface area contributed by atoms with Gasteiger partial charge < -0.3 is 18.3 Å². The van der Waals surface area contributed by atoms with Crippen LogP contribution in [0.4, 0.5) is 0 Å². The zero-order valence-electron chi connectivity index (χ0n) is 51.4. The van der Waals surface area contributed by atoms with Crippen LogP contribution in [-0.2, 0) is 0 Å². The number of para-hydroxylation sites is 5. The zero-order chi connectivity index (χ0) is 62.1. The van der Waals surface area contributed by atoms with Crippen LogP contribution < -0.4 is 0 Å². The standard InChI is InChI=1S/C48H32N2.C42H28N2/c1-3-13-33(14-4-1)35-17-11-19-39(29-35)49-45-23-9-7-21-41(45)43-31-37(25-27-47(43)49)38-26-28-48-44(32-38)42-22-8-10-24-46(42)50(48)40-20-12-18-36(30-40)34-15-5-2-6-16-34;1-3-12-29(13-4-1)30-14-11-17-34(26-30)44-40-21-10-8-19-36(40)38-28-32(23-25-42(38)44)31-22-24-41-37(27-31)35-18-7-9-20-39(35)43(41)33-15-5-2-6-16-33/h1-32H;1-28H. The van der Waals surface area contributed by atoms with Gasteiger partial charge in [-0.3, -0.25) is 0 Å². The predicted octanol–water partition coefficient (Wildman–Crippen LogP) is 24.1. The highest BCUT2D eigenvalue weighted by Crippen LogP contribution is 2.42. The largest absolute Gasteiger partial charge is 0.309 e. The fraction of sp³-hybridized carbons (Fsp3) is 0. The molecule has 0 fully saturated rings. The molecule has 15 aromatic carbocycles. The SMILES string of the molecule is c1ccc(-c2cccc(-n3c4ccccc4c4cc(-c5ccc6c(c5)c5ccccc5n6-c5cccc(-c6ccccc6)c5)ccc43)c2)cc1.c1ccc(-c2cccc(-n3c4ccccc4c4cc(-c5ccc6c(c5)c5ccccc5n6-c5ccccc5)ccc43)c2)cc1. The number of benzene rings is 15. The second-order valence-electron chi connectivity index (χ2n) is 24.4. The van der Waals surface area contributed by atoms with E-state index in [4.69, 9.17) is 0 Å². The Morgan fingerprint density at radius 2 is 0.319 bits per heavy atom. The highest BCUT2D eigenvalue weighted by molar-refractivity contribution is 6.15. The van der Waals surface area contributed by atoms with Crippen molar-refractivity contribution in [2.45, 2.75) is 0 Å². The van der Waals surface area contributed by atoms with E-state index in [1.165, 1.54) is 154 Å². The molecule has 0 unspecified atom stereocenters. The molecule has 94 heavy (non-hydrogen) atoms. The van der Waals surface area contributed by atoms with Crippen molar-refractivity contribution in [2.75, 3.05) is 0 Å². The lowest BCUT2D eigenvalue weighted by atomic mass is 10.0. The summed E-state index contributed by atoms with van der Waals surface area (Å²) in [5, 5.41) is 10.1. The molecule has 0 atom stereocenters. The van der Waals surface area contributed by atoms with Crippen molar-refractivity contribution in [1.29, 1.82) is 0 Å². The Labute approximate surface area is 544 Å². The van der Waals surface area contributed by atoms with Crippen molar-refractivity contribution in [3.63, 3.8) is 0 Å². The quantitative estimate of drug-likeness (QED) is 0.137. The number of nitrogens with zero attached hydrogens (tertiary/aromatic N) is 4. The lowest BCUT2D eigenvalue weighted by Gasteiger charge is -2.11. The average molecular weight is 1200 g/mol. The first-order valence-electron chi connectivity index (χ1n) is 32.3. The minimum absolute atomic E-state index is 1.16. The highest BCUT2D eigenvalue weighted by atomic mass is 15.0. The third-order valence-electron chi connectivity index (χ3n) is 19.0. The summed E-state index contributed by atoms with van der Waals surface area (Å²) in [5.41, 5.74) is 26.5. The molecule has 0 radical (unpaired) electrons. The van der Waals surface area contributed by atoms with Gasteiger partial charge >= 0.3 is 0 Å². The van der Waals surface area contributed by atoms with E-state index in [-0.39, 0.29) is 0 Å². The third kappa shape index (κ3) is 9.30. The Balaban J connectivity index is 0.000000139. The highest BCUT2D eigenvalue weighted by Gasteiger charge is 2.20. The molecule has 0 N–H and O–H groups in total. The molecular formula is C90H60N4. The lowest BCUT2D eigenvalue weighted by Crippen LogP contribution is -1.94. The average Bonchev–Trinajstić information content (AvgIpc) is 1.62. The van der Waals surface area contributed by atoms with Crippen LogP contribution in [0.5, 0.6) is 0 Å². The Kier molecular flexibility index (Phi) is 13.2. The summed E-state index contributed by atoms with van der Waals surface area (Å²) in [5.74, 6) is 0. The topological polar surface area (TPSA) is 19.7 Å². The van der Waals surface area contributed by atoms with Gasteiger partial charge in [-0.2, -0.15) is 0 Å². The smallest absolute Gasteiger partial charge is 0.0541 e. The van der Waals surface area contributed by atoms with Gasteiger partial charge in [-0.25, -0.2) is 0 Å². The van der Waals surface area contributed by atoms with Gasteiger partial charge in [0, 0.05) is 65.8 Å². The number of aromatic nitrogens is 4. The molecule has 4 heterocycles. The normalized spacial score (nSPS) is 11.6. The molecule has 19 aromatic rings. The van der Waals surface area contributed by atoms with E-state index < -0.39 is 0 Å². The van der Waals surface area contributed by atoms with Gasteiger partial charge in [0.2, 0.25) is 0 Å². The first-order valence-corrected chi connectivity index (χ1v) is 32.3. The Hall–Kier alpha value is -12.5. The first kappa shape index (κ1) is 54.4. The van der Waals surface area contributed by atoms with Crippen LogP contribution in [0.25, 0.3) is 166 Å². The Bertz CT molecular complexity index is 5890. The van der Waals surface area contributed by atoms with Crippen LogP contribution in [0.3, 0.4) is 0 Å². The molecule has 19 rings (SSSR count). The second-order valence-corrected chi connectivity index (χ2v) is 24.4. The number of hydrogen-bond acceptors (Lipinski definition) is 0. The summed E-state index contributed by atoms with van der Waals surface area (Å²) in [6.07, 6.45) is 0. The van der Waals surface area contributed by atoms with Crippen LogP contribution in [-0.4, -0.2) is 18.3 Å². The molecular weight excluding hydrogens is 1140 g/mol. The van der Waals surface area contributed by atoms with E-state index in [9.17, 15) is 0 Å². The summed E-state index contributed by atoms with van der Waals surface area (Å²) >= 11 is 0. The van der Waals surface area contributed by atoms with Crippen LogP contribution in [0.15, 0.2) is 364 Å². The zero-order valence-corrected chi connectivity index (χ0v) is 51.4. The van der Waals surface area contributed by atoms with Gasteiger partial charge in [0.15, 0.2) is 0 Å². The van der Waals surface area contributed by atoms with Crippen molar-refractivity contribution in [2.24, 2.45) is 0 Å². The molecule has 0 saturated heterocycles. The van der Waals surface area contributed by atoms with Gasteiger partial charge in [0.25, 0.3) is 0 Å². The van der Waals surface area contributed by atoms with E-state index in [0.717, 1.165) is 11.4 Å². The molecule has 0 aliphatic carbocycles. The predicted molar refractivity (Wildman–Crippen MR) is 397 cm³/mol. The van der Waals surface area contributed by atoms with E-state index in [1.807, 2.05) is 0 Å². The maximum Gasteiger partial charge on any atom is 0.0541 e. The van der Waals surface area contributed by atoms with Gasteiger partial charge in [-0.1, -0.05) is 243 Å². The maximum atomic E-state index is 2.40. The van der Waals surface area contributed by atoms with Crippen LogP contribution >= 0.6 is 0 Å². The number of hydrogen-bond donors (Lipinski definition) is 0. The van der Waals surface area contributed by atoms with Crippen molar-refractivity contribution >= 4 is 87.2 Å². The van der Waals surface area contributed by atoms with E-state index >= 15 is 0 Å². The molecule has 4 aromatic heterocycles. The minimum atomic E-state index is 1.16. The van der Waals surface area contributed by atoms with Gasteiger partial charge in [0.1, 0.15) is 0 Å². The summed E-state index contributed by atoms with van der Waals surface area (Å²) in [7, 11) is 0. The van der Waals surface area contributed by atoms with E-state index in [1.54, 1.807) is 0 Å². The van der Waals surface area contributed by atoms with Crippen LogP contribution in [0.2, 0.25) is 0 Å². The fourth-order valence-corrected chi connectivity index (χ4v) is 14.7. The van der Waals surface area contributed by atoms with Crippen molar-refractivity contribution in [1.82, 2.24) is 18.3 Å². The molecule has 0 spiro atoms. The minimum Gasteiger partial charge on any atom is -0.309 e. The summed E-state index contributed by atoms with van der Waals surface area (Å²) < 4.78 is 9.58. The summed E-state index contributed by atoms with van der Waals surface area (Å²) in [4.78, 5) is 0. The molecule has 4 nitrogen and oxygen atoms in total. The second kappa shape index (κ2) is 22.8. The van der Waals surface area contributed by atoms with E-state index in [0.29, 0.717) is 0 Å². The molecule has 0 amide bonds. The first-order chi connectivity index (χ1) is 46.6. The lowest BCUT2D eigenvalue weighted by molar-refractivity contribution is 1.18. The fourth-order valence-electron chi connectivity index (χ4n) is 14.7. The van der Waals surface area contributed by atoms with Gasteiger partial charge in [0.05, 0.1) is 44.1 Å². The van der Waals surface area contributed by atoms with E-state index in [2.05, 4.69) is 382 Å². The molecule has 4 heteroatoms. The van der Waals surface area contributed by atoms with Gasteiger partial charge in [-0.05, 0) is 177 Å². The van der Waals surface area contributed by atoms with Gasteiger partial charge in [-0.15, -0.1) is 0 Å². The molecule has 0 saturated carbocycles. The Morgan fingerprint density at radius 1 is 0.117 bits per heavy atom. The maximum absolute atomic E-state index is 2.40. The van der Waals surface area contributed by atoms with Crippen molar-refractivity contribution in [3.05, 3.63) is 364 Å². The van der Waals surface area contributed by atoms with Crippen molar-refractivity contribution in [3.8, 4) is 78.4 Å². The summed E-state index contributed by atoms with van der Waals surface area (Å²) in [6.45, 7) is 0. The third-order valence-corrected chi connectivity index (χ3v) is 19.0. The molecule has 0 aliphatic rings.